The van der Waals surface area contributed by atoms with Gasteiger partial charge in [0, 0.05) is 0 Å². The van der Waals surface area contributed by atoms with E-state index in [1.165, 1.54) is 16.7 Å². The second-order valence-electron chi connectivity index (χ2n) is 4.33. The average Bonchev–Trinajstić information content (AvgIpc) is 2.42. The van der Waals surface area contributed by atoms with E-state index in [9.17, 15) is 0 Å². The molecule has 2 aromatic rings. The van der Waals surface area contributed by atoms with Crippen LogP contribution in [0, 0.1) is 0 Å². The zero-order valence-corrected chi connectivity index (χ0v) is 10.3. The lowest BCUT2D eigenvalue weighted by Gasteiger charge is -2.13. The predicted octanol–water partition coefficient (Wildman–Crippen LogP) is 3.81. The lowest BCUT2D eigenvalue weighted by Crippen LogP contribution is -2.11. The highest BCUT2D eigenvalue weighted by Crippen LogP contribution is 2.23. The highest BCUT2D eigenvalue weighted by molar-refractivity contribution is 5.63. The van der Waals surface area contributed by atoms with Crippen molar-refractivity contribution in [2.24, 2.45) is 5.73 Å². The van der Waals surface area contributed by atoms with Gasteiger partial charge in [-0.05, 0) is 35.6 Å². The molecular formula is C16H19N. The molecule has 0 aliphatic rings. The molecule has 1 unspecified atom stereocenters. The van der Waals surface area contributed by atoms with Crippen molar-refractivity contribution in [3.8, 4) is 11.1 Å². The fourth-order valence-electron chi connectivity index (χ4n) is 2.12. The summed E-state index contributed by atoms with van der Waals surface area (Å²) in [4.78, 5) is 0. The summed E-state index contributed by atoms with van der Waals surface area (Å²) in [6.45, 7) is 2.91. The van der Waals surface area contributed by atoms with Gasteiger partial charge < -0.3 is 5.73 Å². The van der Waals surface area contributed by atoms with Gasteiger partial charge in [0.2, 0.25) is 0 Å². The van der Waals surface area contributed by atoms with E-state index in [0.717, 1.165) is 13.0 Å². The number of hydrogen-bond donors (Lipinski definition) is 1. The first-order valence-corrected chi connectivity index (χ1v) is 6.20. The summed E-state index contributed by atoms with van der Waals surface area (Å²) in [6, 6.07) is 19.2. The molecule has 2 N–H and O–H groups in total. The van der Waals surface area contributed by atoms with Gasteiger partial charge >= 0.3 is 0 Å². The number of benzene rings is 2. The SMILES string of the molecule is CCC(CN)c1ccc(-c2ccccc2)cc1. The summed E-state index contributed by atoms with van der Waals surface area (Å²) in [6.07, 6.45) is 1.10. The third kappa shape index (κ3) is 2.75. The summed E-state index contributed by atoms with van der Waals surface area (Å²) in [5, 5.41) is 0. The lowest BCUT2D eigenvalue weighted by molar-refractivity contribution is 0.674. The van der Waals surface area contributed by atoms with Crippen LogP contribution in [0.2, 0.25) is 0 Å². The molecule has 1 atom stereocenters. The maximum Gasteiger partial charge on any atom is -0.000834 e. The minimum atomic E-state index is 0.486. The Balaban J connectivity index is 2.24. The van der Waals surface area contributed by atoms with Crippen LogP contribution < -0.4 is 5.73 Å². The van der Waals surface area contributed by atoms with Gasteiger partial charge in [-0.25, -0.2) is 0 Å². The zero-order valence-electron chi connectivity index (χ0n) is 10.3. The van der Waals surface area contributed by atoms with Crippen LogP contribution in [0.4, 0.5) is 0 Å². The van der Waals surface area contributed by atoms with Crippen LogP contribution in [0.3, 0.4) is 0 Å². The topological polar surface area (TPSA) is 26.0 Å². The molecule has 0 aliphatic carbocycles. The quantitative estimate of drug-likeness (QED) is 0.841. The molecule has 1 heteroatoms. The van der Waals surface area contributed by atoms with Crippen molar-refractivity contribution < 1.29 is 0 Å². The lowest BCUT2D eigenvalue weighted by atomic mass is 9.94. The van der Waals surface area contributed by atoms with Crippen LogP contribution in [0.25, 0.3) is 11.1 Å². The first-order valence-electron chi connectivity index (χ1n) is 6.20. The maximum absolute atomic E-state index is 5.76. The van der Waals surface area contributed by atoms with Crippen molar-refractivity contribution in [1.29, 1.82) is 0 Å². The van der Waals surface area contributed by atoms with Gasteiger partial charge in [-0.1, -0.05) is 61.5 Å². The van der Waals surface area contributed by atoms with Gasteiger partial charge in [0.1, 0.15) is 0 Å². The molecule has 0 saturated heterocycles. The maximum atomic E-state index is 5.76. The number of hydrogen-bond acceptors (Lipinski definition) is 1. The Hall–Kier alpha value is -1.60. The average molecular weight is 225 g/mol. The molecule has 0 aliphatic heterocycles. The Morgan fingerprint density at radius 1 is 0.882 bits per heavy atom. The minimum Gasteiger partial charge on any atom is -0.330 e. The molecule has 1 nitrogen and oxygen atoms in total. The van der Waals surface area contributed by atoms with Crippen LogP contribution in [0.15, 0.2) is 54.6 Å². The number of nitrogens with two attached hydrogens (primary N) is 1. The van der Waals surface area contributed by atoms with Crippen molar-refractivity contribution in [1.82, 2.24) is 0 Å². The molecular weight excluding hydrogens is 206 g/mol. The van der Waals surface area contributed by atoms with E-state index >= 15 is 0 Å². The molecule has 88 valence electrons. The van der Waals surface area contributed by atoms with Gasteiger partial charge in [0.05, 0.1) is 0 Å². The van der Waals surface area contributed by atoms with Gasteiger partial charge in [0.25, 0.3) is 0 Å². The molecule has 0 aromatic heterocycles. The summed E-state index contributed by atoms with van der Waals surface area (Å²) in [7, 11) is 0. The smallest absolute Gasteiger partial charge is 0.000834 e. The highest BCUT2D eigenvalue weighted by Gasteiger charge is 2.06. The van der Waals surface area contributed by atoms with E-state index < -0.39 is 0 Å². The molecule has 0 amide bonds. The molecule has 0 heterocycles. The summed E-state index contributed by atoms with van der Waals surface area (Å²) >= 11 is 0. The van der Waals surface area contributed by atoms with Gasteiger partial charge in [-0.15, -0.1) is 0 Å². The standard InChI is InChI=1S/C16H19N/c1-2-13(12-17)15-8-10-16(11-9-15)14-6-4-3-5-7-14/h3-11,13H,2,12,17H2,1H3. The van der Waals surface area contributed by atoms with Crippen LogP contribution in [0.1, 0.15) is 24.8 Å². The van der Waals surface area contributed by atoms with E-state index in [2.05, 4.69) is 55.5 Å². The van der Waals surface area contributed by atoms with E-state index in [1.807, 2.05) is 6.07 Å². The largest absolute Gasteiger partial charge is 0.330 e. The Bertz CT molecular complexity index is 441. The van der Waals surface area contributed by atoms with Gasteiger partial charge in [0.15, 0.2) is 0 Å². The van der Waals surface area contributed by atoms with Gasteiger partial charge in [-0.3, -0.25) is 0 Å². The fraction of sp³-hybridized carbons (Fsp3) is 0.250. The van der Waals surface area contributed by atoms with Crippen molar-refractivity contribution in [3.05, 3.63) is 60.2 Å². The predicted molar refractivity (Wildman–Crippen MR) is 74.0 cm³/mol. The van der Waals surface area contributed by atoms with Crippen LogP contribution in [0.5, 0.6) is 0 Å². The van der Waals surface area contributed by atoms with E-state index in [1.54, 1.807) is 0 Å². The normalized spacial score (nSPS) is 12.4. The monoisotopic (exact) mass is 225 g/mol. The van der Waals surface area contributed by atoms with Crippen LogP contribution in [-0.4, -0.2) is 6.54 Å². The molecule has 2 rings (SSSR count). The summed E-state index contributed by atoms with van der Waals surface area (Å²) in [5.41, 5.74) is 9.64. The Labute approximate surface area is 103 Å². The minimum absolute atomic E-state index is 0.486. The number of rotatable bonds is 4. The summed E-state index contributed by atoms with van der Waals surface area (Å²) < 4.78 is 0. The fourth-order valence-corrected chi connectivity index (χ4v) is 2.12. The van der Waals surface area contributed by atoms with E-state index in [-0.39, 0.29) is 0 Å². The van der Waals surface area contributed by atoms with E-state index in [0.29, 0.717) is 5.92 Å². The Morgan fingerprint density at radius 3 is 2.00 bits per heavy atom. The Kier molecular flexibility index (Phi) is 3.94. The van der Waals surface area contributed by atoms with Crippen molar-refractivity contribution >= 4 is 0 Å². The third-order valence-electron chi connectivity index (χ3n) is 3.27. The molecule has 2 aromatic carbocycles. The van der Waals surface area contributed by atoms with Gasteiger partial charge in [-0.2, -0.15) is 0 Å². The van der Waals surface area contributed by atoms with Crippen molar-refractivity contribution in [2.45, 2.75) is 19.3 Å². The molecule has 0 bridgehead atoms. The molecule has 17 heavy (non-hydrogen) atoms. The second kappa shape index (κ2) is 5.65. The molecule has 0 spiro atoms. The van der Waals surface area contributed by atoms with E-state index in [4.69, 9.17) is 5.73 Å². The third-order valence-corrected chi connectivity index (χ3v) is 3.27. The first kappa shape index (κ1) is 11.9. The Morgan fingerprint density at radius 2 is 1.47 bits per heavy atom. The molecule has 0 radical (unpaired) electrons. The summed E-state index contributed by atoms with van der Waals surface area (Å²) in [5.74, 6) is 0.486. The second-order valence-corrected chi connectivity index (χ2v) is 4.33. The van der Waals surface area contributed by atoms with Crippen LogP contribution in [-0.2, 0) is 0 Å². The van der Waals surface area contributed by atoms with Crippen molar-refractivity contribution in [3.63, 3.8) is 0 Å². The highest BCUT2D eigenvalue weighted by atomic mass is 14.5. The van der Waals surface area contributed by atoms with Crippen molar-refractivity contribution in [2.75, 3.05) is 6.54 Å². The van der Waals surface area contributed by atoms with Crippen LogP contribution >= 0.6 is 0 Å². The molecule has 0 saturated carbocycles. The molecule has 0 fully saturated rings. The first-order chi connectivity index (χ1) is 8.35. The zero-order chi connectivity index (χ0) is 12.1.